The zero-order chi connectivity index (χ0) is 11.3. The van der Waals surface area contributed by atoms with Gasteiger partial charge in [-0.1, -0.05) is 12.2 Å². The van der Waals surface area contributed by atoms with Crippen molar-refractivity contribution in [3.63, 3.8) is 0 Å². The fourth-order valence-electron chi connectivity index (χ4n) is 1.20. The maximum Gasteiger partial charge on any atom is 0.162 e. The molecule has 0 fully saturated rings. The first-order valence-corrected chi connectivity index (χ1v) is 4.77. The van der Waals surface area contributed by atoms with Crippen LogP contribution in [0.4, 0.5) is 5.69 Å². The summed E-state index contributed by atoms with van der Waals surface area (Å²) in [5.74, 6) is 1.46. The second kappa shape index (κ2) is 5.29. The van der Waals surface area contributed by atoms with E-state index in [0.29, 0.717) is 0 Å². The number of benzene rings is 1. The Kier molecular flexibility index (Phi) is 4.03. The predicted octanol–water partition coefficient (Wildman–Crippen LogP) is 2.69. The second-order valence-electron chi connectivity index (χ2n) is 3.38. The molecule has 3 heteroatoms. The van der Waals surface area contributed by atoms with E-state index in [4.69, 9.17) is 9.47 Å². The second-order valence-corrected chi connectivity index (χ2v) is 3.38. The van der Waals surface area contributed by atoms with Crippen LogP contribution in [0, 0.1) is 0 Å². The minimum Gasteiger partial charge on any atom is -0.493 e. The van der Waals surface area contributed by atoms with Gasteiger partial charge in [-0.2, -0.15) is 0 Å². The Morgan fingerprint density at radius 1 is 1.27 bits per heavy atom. The molecule has 0 radical (unpaired) electrons. The molecule has 0 amide bonds. The van der Waals surface area contributed by atoms with Crippen molar-refractivity contribution in [3.05, 3.63) is 30.4 Å². The van der Waals surface area contributed by atoms with E-state index < -0.39 is 0 Å². The molecule has 0 saturated heterocycles. The number of hydrogen-bond donors (Lipinski definition) is 1. The summed E-state index contributed by atoms with van der Waals surface area (Å²) in [5.41, 5.74) is 2.08. The van der Waals surface area contributed by atoms with E-state index in [9.17, 15) is 0 Å². The van der Waals surface area contributed by atoms with Crippen molar-refractivity contribution < 1.29 is 9.47 Å². The maximum absolute atomic E-state index is 5.20. The smallest absolute Gasteiger partial charge is 0.162 e. The molecule has 0 atom stereocenters. The SMILES string of the molecule is C=C(C)CNc1ccc(OC)c(OC)c1. The molecule has 1 aromatic rings. The number of nitrogens with one attached hydrogen (secondary N) is 1. The third-order valence-electron chi connectivity index (χ3n) is 1.98. The van der Waals surface area contributed by atoms with Crippen LogP contribution in [-0.2, 0) is 0 Å². The highest BCUT2D eigenvalue weighted by molar-refractivity contribution is 5.55. The fourth-order valence-corrected chi connectivity index (χ4v) is 1.20. The molecule has 0 aliphatic carbocycles. The van der Waals surface area contributed by atoms with Gasteiger partial charge in [-0.25, -0.2) is 0 Å². The highest BCUT2D eigenvalue weighted by Gasteiger charge is 2.03. The van der Waals surface area contributed by atoms with Gasteiger partial charge in [0.25, 0.3) is 0 Å². The zero-order valence-electron chi connectivity index (χ0n) is 9.46. The number of rotatable bonds is 5. The Morgan fingerprint density at radius 2 is 1.93 bits per heavy atom. The molecule has 1 aromatic carbocycles. The summed E-state index contributed by atoms with van der Waals surface area (Å²) in [5, 5.41) is 3.24. The lowest BCUT2D eigenvalue weighted by molar-refractivity contribution is 0.355. The highest BCUT2D eigenvalue weighted by Crippen LogP contribution is 2.29. The van der Waals surface area contributed by atoms with Gasteiger partial charge in [-0.3, -0.25) is 0 Å². The summed E-state index contributed by atoms with van der Waals surface area (Å²) in [7, 11) is 3.25. The third-order valence-corrected chi connectivity index (χ3v) is 1.98. The minimum atomic E-state index is 0.726. The molecule has 0 aromatic heterocycles. The molecule has 15 heavy (non-hydrogen) atoms. The molecule has 1 rings (SSSR count). The lowest BCUT2D eigenvalue weighted by atomic mass is 10.2. The molecule has 1 N–H and O–H groups in total. The summed E-state index contributed by atoms with van der Waals surface area (Å²) < 4.78 is 10.3. The van der Waals surface area contributed by atoms with Gasteiger partial charge in [0.05, 0.1) is 14.2 Å². The molecule has 0 spiro atoms. The van der Waals surface area contributed by atoms with Gasteiger partial charge in [0.15, 0.2) is 11.5 Å². The van der Waals surface area contributed by atoms with Crippen molar-refractivity contribution in [2.24, 2.45) is 0 Å². The van der Waals surface area contributed by atoms with Gasteiger partial charge < -0.3 is 14.8 Å². The molecule has 3 nitrogen and oxygen atoms in total. The van der Waals surface area contributed by atoms with Gasteiger partial charge in [0.1, 0.15) is 0 Å². The summed E-state index contributed by atoms with van der Waals surface area (Å²) >= 11 is 0. The molecule has 0 saturated carbocycles. The standard InChI is InChI=1S/C12H17NO2/c1-9(2)8-13-10-5-6-11(14-3)12(7-10)15-4/h5-7,13H,1,8H2,2-4H3. The van der Waals surface area contributed by atoms with E-state index in [0.717, 1.165) is 29.3 Å². The fraction of sp³-hybridized carbons (Fsp3) is 0.333. The van der Waals surface area contributed by atoms with Crippen LogP contribution in [0.3, 0.4) is 0 Å². The van der Waals surface area contributed by atoms with Crippen molar-refractivity contribution in [2.75, 3.05) is 26.1 Å². The Balaban J connectivity index is 2.78. The number of hydrogen-bond acceptors (Lipinski definition) is 3. The van der Waals surface area contributed by atoms with Crippen LogP contribution in [0.2, 0.25) is 0 Å². The minimum absolute atomic E-state index is 0.726. The molecule has 0 heterocycles. The Labute approximate surface area is 90.7 Å². The van der Waals surface area contributed by atoms with E-state index in [-0.39, 0.29) is 0 Å². The molecule has 0 aliphatic rings. The number of anilines is 1. The normalized spacial score (nSPS) is 9.53. The van der Waals surface area contributed by atoms with E-state index in [1.807, 2.05) is 25.1 Å². The highest BCUT2D eigenvalue weighted by atomic mass is 16.5. The van der Waals surface area contributed by atoms with Crippen LogP contribution in [0.25, 0.3) is 0 Å². The lowest BCUT2D eigenvalue weighted by Gasteiger charge is -2.11. The first-order valence-electron chi connectivity index (χ1n) is 4.77. The summed E-state index contributed by atoms with van der Waals surface area (Å²) in [6, 6.07) is 5.73. The van der Waals surface area contributed by atoms with E-state index >= 15 is 0 Å². The predicted molar refractivity (Wildman–Crippen MR) is 62.8 cm³/mol. The van der Waals surface area contributed by atoms with Crippen molar-refractivity contribution in [1.82, 2.24) is 0 Å². The van der Waals surface area contributed by atoms with Gasteiger partial charge >= 0.3 is 0 Å². The van der Waals surface area contributed by atoms with Gasteiger partial charge in [0, 0.05) is 18.3 Å². The third kappa shape index (κ3) is 3.20. The topological polar surface area (TPSA) is 30.5 Å². The molecular weight excluding hydrogens is 190 g/mol. The van der Waals surface area contributed by atoms with Gasteiger partial charge in [-0.15, -0.1) is 0 Å². The largest absolute Gasteiger partial charge is 0.493 e. The van der Waals surface area contributed by atoms with Crippen LogP contribution < -0.4 is 14.8 Å². The Bertz CT molecular complexity index is 347. The monoisotopic (exact) mass is 207 g/mol. The Hall–Kier alpha value is -1.64. The van der Waals surface area contributed by atoms with Crippen LogP contribution in [0.15, 0.2) is 30.4 Å². The zero-order valence-corrected chi connectivity index (χ0v) is 9.46. The average Bonchev–Trinajstić information content (AvgIpc) is 2.25. The molecule has 82 valence electrons. The maximum atomic E-state index is 5.20. The first-order chi connectivity index (χ1) is 7.17. The van der Waals surface area contributed by atoms with Crippen LogP contribution in [0.5, 0.6) is 11.5 Å². The van der Waals surface area contributed by atoms with Crippen molar-refractivity contribution in [3.8, 4) is 11.5 Å². The lowest BCUT2D eigenvalue weighted by Crippen LogP contribution is -2.02. The molecule has 0 aliphatic heterocycles. The van der Waals surface area contributed by atoms with Gasteiger partial charge in [0.2, 0.25) is 0 Å². The van der Waals surface area contributed by atoms with Crippen LogP contribution >= 0.6 is 0 Å². The first kappa shape index (κ1) is 11.4. The molecular formula is C12H17NO2. The van der Waals surface area contributed by atoms with Crippen LogP contribution in [0.1, 0.15) is 6.92 Å². The molecule has 0 unspecified atom stereocenters. The summed E-state index contributed by atoms with van der Waals surface area (Å²) in [6.45, 7) is 6.57. The van der Waals surface area contributed by atoms with Crippen molar-refractivity contribution in [1.29, 1.82) is 0 Å². The van der Waals surface area contributed by atoms with Crippen molar-refractivity contribution >= 4 is 5.69 Å². The average molecular weight is 207 g/mol. The number of ether oxygens (including phenoxy) is 2. The van der Waals surface area contributed by atoms with Crippen molar-refractivity contribution in [2.45, 2.75) is 6.92 Å². The number of methoxy groups -OCH3 is 2. The quantitative estimate of drug-likeness (QED) is 0.753. The summed E-state index contributed by atoms with van der Waals surface area (Å²) in [6.07, 6.45) is 0. The molecule has 0 bridgehead atoms. The van der Waals surface area contributed by atoms with Crippen LogP contribution in [-0.4, -0.2) is 20.8 Å². The van der Waals surface area contributed by atoms with E-state index in [1.54, 1.807) is 14.2 Å². The van der Waals surface area contributed by atoms with E-state index in [1.165, 1.54) is 0 Å². The van der Waals surface area contributed by atoms with E-state index in [2.05, 4.69) is 11.9 Å². The Morgan fingerprint density at radius 3 is 2.47 bits per heavy atom. The van der Waals surface area contributed by atoms with Gasteiger partial charge in [-0.05, 0) is 19.1 Å². The summed E-state index contributed by atoms with van der Waals surface area (Å²) in [4.78, 5) is 0.